The van der Waals surface area contributed by atoms with Crippen molar-refractivity contribution < 1.29 is 19.0 Å². The Hall–Kier alpha value is -3.10. The SMILES string of the molecule is COc1cc(C(=O)n2nc(C)c(N=Nc3cccc(Cl)c3Cl)c2C)cc(OC)c1OC. The van der Waals surface area contributed by atoms with Crippen molar-refractivity contribution in [3.63, 3.8) is 0 Å². The van der Waals surface area contributed by atoms with E-state index >= 15 is 0 Å². The lowest BCUT2D eigenvalue weighted by molar-refractivity contribution is 0.0941. The minimum atomic E-state index is -0.387. The minimum absolute atomic E-state index is 0.295. The summed E-state index contributed by atoms with van der Waals surface area (Å²) in [6.45, 7) is 3.46. The van der Waals surface area contributed by atoms with Gasteiger partial charge < -0.3 is 14.2 Å². The smallest absolute Gasteiger partial charge is 0.278 e. The van der Waals surface area contributed by atoms with Crippen molar-refractivity contribution in [1.82, 2.24) is 9.78 Å². The summed E-state index contributed by atoms with van der Waals surface area (Å²) in [5, 5.41) is 13.4. The fourth-order valence-corrected chi connectivity index (χ4v) is 3.31. The van der Waals surface area contributed by atoms with E-state index in [1.165, 1.54) is 26.0 Å². The summed E-state index contributed by atoms with van der Waals surface area (Å²) < 4.78 is 17.2. The maximum absolute atomic E-state index is 13.2. The van der Waals surface area contributed by atoms with Crippen molar-refractivity contribution in [2.45, 2.75) is 13.8 Å². The van der Waals surface area contributed by atoms with E-state index in [-0.39, 0.29) is 5.91 Å². The molecule has 0 saturated carbocycles. The Kier molecular flexibility index (Phi) is 6.82. The van der Waals surface area contributed by atoms with Gasteiger partial charge in [-0.05, 0) is 38.1 Å². The molecule has 31 heavy (non-hydrogen) atoms. The van der Waals surface area contributed by atoms with E-state index in [0.717, 1.165) is 0 Å². The molecule has 1 aromatic heterocycles. The zero-order chi connectivity index (χ0) is 22.7. The number of azo groups is 1. The van der Waals surface area contributed by atoms with Crippen LogP contribution >= 0.6 is 23.2 Å². The van der Waals surface area contributed by atoms with Crippen molar-refractivity contribution in [3.8, 4) is 17.2 Å². The maximum Gasteiger partial charge on any atom is 0.278 e. The summed E-state index contributed by atoms with van der Waals surface area (Å²) >= 11 is 12.2. The first-order valence-corrected chi connectivity index (χ1v) is 9.84. The Bertz CT molecular complexity index is 1150. The standard InChI is InChI=1S/C21H20Cl2N4O4/c1-11-19(25-24-15-8-6-7-14(22)18(15)23)12(2)27(26-11)21(28)13-9-16(29-3)20(31-5)17(10-13)30-4/h6-10H,1-5H3. The second kappa shape index (κ2) is 9.36. The second-order valence-electron chi connectivity index (χ2n) is 6.42. The molecule has 0 unspecified atom stereocenters. The van der Waals surface area contributed by atoms with Gasteiger partial charge in [0.15, 0.2) is 11.5 Å². The molecule has 3 aromatic rings. The molecule has 0 saturated heterocycles. The van der Waals surface area contributed by atoms with Crippen LogP contribution in [0.1, 0.15) is 21.7 Å². The Morgan fingerprint density at radius 1 is 1.00 bits per heavy atom. The van der Waals surface area contributed by atoms with Gasteiger partial charge in [0.2, 0.25) is 5.75 Å². The molecule has 0 aliphatic heterocycles. The summed E-state index contributed by atoms with van der Waals surface area (Å²) in [5.74, 6) is 0.731. The lowest BCUT2D eigenvalue weighted by Gasteiger charge is -2.13. The van der Waals surface area contributed by atoms with E-state index in [1.54, 1.807) is 44.2 Å². The molecule has 2 aromatic carbocycles. The largest absolute Gasteiger partial charge is 0.493 e. The number of carbonyl (C=O) groups excluding carboxylic acids is 1. The van der Waals surface area contributed by atoms with E-state index < -0.39 is 0 Å². The molecule has 162 valence electrons. The lowest BCUT2D eigenvalue weighted by atomic mass is 10.1. The first kappa shape index (κ1) is 22.6. The first-order valence-electron chi connectivity index (χ1n) is 9.09. The summed E-state index contributed by atoms with van der Waals surface area (Å²) in [7, 11) is 4.45. The van der Waals surface area contributed by atoms with Gasteiger partial charge in [-0.25, -0.2) is 0 Å². The lowest BCUT2D eigenvalue weighted by Crippen LogP contribution is -2.15. The fraction of sp³-hybridized carbons (Fsp3) is 0.238. The zero-order valence-corrected chi connectivity index (χ0v) is 19.1. The molecule has 0 aliphatic rings. The van der Waals surface area contributed by atoms with Crippen LogP contribution in [0.2, 0.25) is 10.0 Å². The molecule has 1 heterocycles. The third-order valence-corrected chi connectivity index (χ3v) is 5.36. The number of nitrogens with zero attached hydrogens (tertiary/aromatic N) is 4. The fourth-order valence-electron chi connectivity index (χ4n) is 2.98. The third-order valence-electron chi connectivity index (χ3n) is 4.55. The average Bonchev–Trinajstić information content (AvgIpc) is 3.06. The van der Waals surface area contributed by atoms with Crippen LogP contribution in [0.15, 0.2) is 40.6 Å². The van der Waals surface area contributed by atoms with Gasteiger partial charge in [0.05, 0.1) is 42.8 Å². The van der Waals surface area contributed by atoms with Crippen LogP contribution in [0, 0.1) is 13.8 Å². The highest BCUT2D eigenvalue weighted by atomic mass is 35.5. The molecule has 10 heteroatoms. The molecule has 0 fully saturated rings. The van der Waals surface area contributed by atoms with Crippen LogP contribution < -0.4 is 14.2 Å². The monoisotopic (exact) mass is 462 g/mol. The van der Waals surface area contributed by atoms with Gasteiger partial charge in [-0.15, -0.1) is 10.2 Å². The van der Waals surface area contributed by atoms with Crippen LogP contribution in [0.5, 0.6) is 17.2 Å². The minimum Gasteiger partial charge on any atom is -0.493 e. The number of methoxy groups -OCH3 is 3. The number of aromatic nitrogens is 2. The molecule has 0 spiro atoms. The number of carbonyl (C=O) groups is 1. The highest BCUT2D eigenvalue weighted by molar-refractivity contribution is 6.43. The number of benzene rings is 2. The van der Waals surface area contributed by atoms with Crippen molar-refractivity contribution >= 4 is 40.5 Å². The van der Waals surface area contributed by atoms with E-state index in [9.17, 15) is 4.79 Å². The van der Waals surface area contributed by atoms with Gasteiger partial charge >= 0.3 is 0 Å². The van der Waals surface area contributed by atoms with Crippen LogP contribution in [-0.4, -0.2) is 37.0 Å². The number of ether oxygens (including phenoxy) is 3. The van der Waals surface area contributed by atoms with E-state index in [4.69, 9.17) is 37.4 Å². The molecule has 3 rings (SSSR count). The van der Waals surface area contributed by atoms with Gasteiger partial charge in [-0.2, -0.15) is 9.78 Å². The van der Waals surface area contributed by atoms with Crippen LogP contribution in [0.3, 0.4) is 0 Å². The zero-order valence-electron chi connectivity index (χ0n) is 17.6. The topological polar surface area (TPSA) is 87.3 Å². The predicted octanol–water partition coefficient (Wildman–Crippen LogP) is 5.94. The molecular weight excluding hydrogens is 443 g/mol. The summed E-state index contributed by atoms with van der Waals surface area (Å²) in [4.78, 5) is 13.2. The number of hydrogen-bond donors (Lipinski definition) is 0. The highest BCUT2D eigenvalue weighted by Crippen LogP contribution is 2.39. The summed E-state index contributed by atoms with van der Waals surface area (Å²) in [6, 6.07) is 8.20. The summed E-state index contributed by atoms with van der Waals surface area (Å²) in [6.07, 6.45) is 0. The van der Waals surface area contributed by atoms with Crippen molar-refractivity contribution in [2.24, 2.45) is 10.2 Å². The second-order valence-corrected chi connectivity index (χ2v) is 7.21. The molecule has 0 radical (unpaired) electrons. The Morgan fingerprint density at radius 3 is 2.23 bits per heavy atom. The van der Waals surface area contributed by atoms with E-state index in [0.29, 0.717) is 55.6 Å². The Morgan fingerprint density at radius 2 is 1.65 bits per heavy atom. The Balaban J connectivity index is 2.01. The molecule has 0 bridgehead atoms. The normalized spacial score (nSPS) is 11.1. The number of rotatable bonds is 6. The maximum atomic E-state index is 13.2. The molecular formula is C21H20Cl2N4O4. The van der Waals surface area contributed by atoms with Crippen molar-refractivity contribution in [1.29, 1.82) is 0 Å². The van der Waals surface area contributed by atoms with Crippen molar-refractivity contribution in [2.75, 3.05) is 21.3 Å². The molecule has 0 amide bonds. The number of halogens is 2. The van der Waals surface area contributed by atoms with Gasteiger partial charge in [-0.3, -0.25) is 4.79 Å². The number of hydrogen-bond acceptors (Lipinski definition) is 7. The summed E-state index contributed by atoms with van der Waals surface area (Å²) in [5.41, 5.74) is 2.22. The molecule has 0 aliphatic carbocycles. The molecule has 0 N–H and O–H groups in total. The quantitative estimate of drug-likeness (QED) is 0.423. The van der Waals surface area contributed by atoms with Crippen LogP contribution in [-0.2, 0) is 0 Å². The average molecular weight is 463 g/mol. The van der Waals surface area contributed by atoms with E-state index in [2.05, 4.69) is 15.3 Å². The number of aryl methyl sites for hydroxylation is 1. The first-order chi connectivity index (χ1) is 14.8. The van der Waals surface area contributed by atoms with Gasteiger partial charge in [-0.1, -0.05) is 29.3 Å². The predicted molar refractivity (Wildman–Crippen MR) is 118 cm³/mol. The van der Waals surface area contributed by atoms with Gasteiger partial charge in [0.1, 0.15) is 11.4 Å². The van der Waals surface area contributed by atoms with Crippen molar-refractivity contribution in [3.05, 3.63) is 57.3 Å². The molecule has 0 atom stereocenters. The van der Waals surface area contributed by atoms with Gasteiger partial charge in [0, 0.05) is 5.56 Å². The third kappa shape index (κ3) is 4.35. The van der Waals surface area contributed by atoms with Crippen LogP contribution in [0.4, 0.5) is 11.4 Å². The highest BCUT2D eigenvalue weighted by Gasteiger charge is 2.22. The van der Waals surface area contributed by atoms with E-state index in [1.807, 2.05) is 0 Å². The van der Waals surface area contributed by atoms with Gasteiger partial charge in [0.25, 0.3) is 5.91 Å². The van der Waals surface area contributed by atoms with Crippen LogP contribution in [0.25, 0.3) is 0 Å². The molecule has 8 nitrogen and oxygen atoms in total. The Labute approximate surface area is 189 Å².